The summed E-state index contributed by atoms with van der Waals surface area (Å²) in [4.78, 5) is 2.49. The van der Waals surface area contributed by atoms with Gasteiger partial charge < -0.3 is 10.2 Å². The highest BCUT2D eigenvalue weighted by Crippen LogP contribution is 2.33. The molecule has 2 atom stereocenters. The summed E-state index contributed by atoms with van der Waals surface area (Å²) in [5, 5.41) is 3.38. The minimum absolute atomic E-state index is 0.576. The van der Waals surface area contributed by atoms with Crippen molar-refractivity contribution in [2.45, 2.75) is 31.8 Å². The maximum Gasteiger partial charge on any atom is 0.0524 e. The Labute approximate surface area is 120 Å². The quantitative estimate of drug-likeness (QED) is 0.862. The SMILES string of the molecule is CNC1CCN(c2cc(Br)ccc2Br)C(C)C1. The minimum Gasteiger partial charge on any atom is -0.368 e. The second-order valence-corrected chi connectivity index (χ2v) is 6.42. The molecular formula is C13H18Br2N2. The largest absolute Gasteiger partial charge is 0.368 e. The number of halogens is 2. The van der Waals surface area contributed by atoms with Crippen LogP contribution >= 0.6 is 31.9 Å². The Morgan fingerprint density at radius 2 is 2.12 bits per heavy atom. The molecule has 2 rings (SSSR count). The van der Waals surface area contributed by atoms with E-state index in [-0.39, 0.29) is 0 Å². The van der Waals surface area contributed by atoms with Crippen molar-refractivity contribution in [3.8, 4) is 0 Å². The van der Waals surface area contributed by atoms with Gasteiger partial charge in [0.15, 0.2) is 0 Å². The summed E-state index contributed by atoms with van der Waals surface area (Å²) in [5.41, 5.74) is 1.29. The Bertz CT molecular complexity index is 395. The van der Waals surface area contributed by atoms with E-state index in [2.05, 4.69) is 74.2 Å². The van der Waals surface area contributed by atoms with Crippen LogP contribution in [0.3, 0.4) is 0 Å². The van der Waals surface area contributed by atoms with Crippen LogP contribution in [-0.2, 0) is 0 Å². The molecule has 1 aromatic rings. The molecule has 0 aromatic heterocycles. The van der Waals surface area contributed by atoms with Crippen LogP contribution in [0.2, 0.25) is 0 Å². The predicted molar refractivity (Wildman–Crippen MR) is 80.7 cm³/mol. The molecule has 1 aliphatic heterocycles. The first kappa shape index (κ1) is 13.4. The molecule has 0 radical (unpaired) electrons. The van der Waals surface area contributed by atoms with E-state index < -0.39 is 0 Å². The first-order valence-electron chi connectivity index (χ1n) is 6.00. The smallest absolute Gasteiger partial charge is 0.0524 e. The Kier molecular flexibility index (Phi) is 4.50. The molecule has 4 heteroatoms. The fourth-order valence-corrected chi connectivity index (χ4v) is 3.32. The van der Waals surface area contributed by atoms with Gasteiger partial charge in [-0.2, -0.15) is 0 Å². The number of anilines is 1. The van der Waals surface area contributed by atoms with E-state index in [1.807, 2.05) is 0 Å². The molecule has 1 aromatic carbocycles. The minimum atomic E-state index is 0.576. The van der Waals surface area contributed by atoms with Crippen LogP contribution in [0.5, 0.6) is 0 Å². The van der Waals surface area contributed by atoms with Crippen molar-refractivity contribution >= 4 is 37.5 Å². The van der Waals surface area contributed by atoms with E-state index >= 15 is 0 Å². The highest BCUT2D eigenvalue weighted by atomic mass is 79.9. The summed E-state index contributed by atoms with van der Waals surface area (Å²) < 4.78 is 2.31. The highest BCUT2D eigenvalue weighted by Gasteiger charge is 2.25. The van der Waals surface area contributed by atoms with E-state index in [4.69, 9.17) is 0 Å². The molecule has 2 nitrogen and oxygen atoms in total. The second-order valence-electron chi connectivity index (χ2n) is 4.65. The van der Waals surface area contributed by atoms with E-state index in [1.165, 1.54) is 23.0 Å². The zero-order valence-corrected chi connectivity index (χ0v) is 13.4. The molecule has 0 saturated carbocycles. The van der Waals surface area contributed by atoms with Gasteiger partial charge in [0.25, 0.3) is 0 Å². The Balaban J connectivity index is 2.20. The van der Waals surface area contributed by atoms with Gasteiger partial charge >= 0.3 is 0 Å². The third-order valence-electron chi connectivity index (χ3n) is 3.50. The molecule has 0 aliphatic carbocycles. The van der Waals surface area contributed by atoms with E-state index in [0.29, 0.717) is 12.1 Å². The molecule has 94 valence electrons. The maximum absolute atomic E-state index is 3.65. The Morgan fingerprint density at radius 1 is 1.35 bits per heavy atom. The van der Waals surface area contributed by atoms with E-state index in [0.717, 1.165) is 11.0 Å². The monoisotopic (exact) mass is 360 g/mol. The molecule has 1 aliphatic rings. The van der Waals surface area contributed by atoms with E-state index in [9.17, 15) is 0 Å². The van der Waals surface area contributed by atoms with Gasteiger partial charge in [-0.15, -0.1) is 0 Å². The lowest BCUT2D eigenvalue weighted by molar-refractivity contribution is 0.387. The third-order valence-corrected chi connectivity index (χ3v) is 4.67. The number of hydrogen-bond acceptors (Lipinski definition) is 2. The van der Waals surface area contributed by atoms with Gasteiger partial charge in [-0.1, -0.05) is 15.9 Å². The van der Waals surface area contributed by atoms with Crippen LogP contribution in [0.4, 0.5) is 5.69 Å². The number of benzene rings is 1. The van der Waals surface area contributed by atoms with Gasteiger partial charge in [0.2, 0.25) is 0 Å². The van der Waals surface area contributed by atoms with Crippen LogP contribution in [0, 0.1) is 0 Å². The zero-order chi connectivity index (χ0) is 12.4. The average Bonchev–Trinajstić information content (AvgIpc) is 2.32. The first-order valence-corrected chi connectivity index (χ1v) is 7.59. The highest BCUT2D eigenvalue weighted by molar-refractivity contribution is 9.11. The lowest BCUT2D eigenvalue weighted by Gasteiger charge is -2.39. The summed E-state index contributed by atoms with van der Waals surface area (Å²) in [6.45, 7) is 3.42. The van der Waals surface area contributed by atoms with Gasteiger partial charge in [-0.05, 0) is 60.9 Å². The van der Waals surface area contributed by atoms with Crippen LogP contribution in [-0.4, -0.2) is 25.7 Å². The van der Waals surface area contributed by atoms with Crippen LogP contribution in [0.25, 0.3) is 0 Å². The Hall–Kier alpha value is -0.0600. The molecular weight excluding hydrogens is 344 g/mol. The number of piperidine rings is 1. The topological polar surface area (TPSA) is 15.3 Å². The van der Waals surface area contributed by atoms with Gasteiger partial charge in [0, 0.05) is 27.6 Å². The molecule has 1 saturated heterocycles. The van der Waals surface area contributed by atoms with Gasteiger partial charge in [0.05, 0.1) is 5.69 Å². The van der Waals surface area contributed by atoms with Gasteiger partial charge in [0.1, 0.15) is 0 Å². The normalized spacial score (nSPS) is 25.1. The second kappa shape index (κ2) is 5.72. The number of nitrogens with one attached hydrogen (secondary N) is 1. The van der Waals surface area contributed by atoms with Crippen LogP contribution in [0.1, 0.15) is 19.8 Å². The lowest BCUT2D eigenvalue weighted by Crippen LogP contribution is -2.46. The van der Waals surface area contributed by atoms with Crippen molar-refractivity contribution in [1.29, 1.82) is 0 Å². The molecule has 1 heterocycles. The van der Waals surface area contributed by atoms with E-state index in [1.54, 1.807) is 0 Å². The molecule has 1 N–H and O–H groups in total. The summed E-state index contributed by atoms with van der Waals surface area (Å²) in [6.07, 6.45) is 2.41. The zero-order valence-electron chi connectivity index (χ0n) is 10.2. The number of nitrogens with zero attached hydrogens (tertiary/aromatic N) is 1. The van der Waals surface area contributed by atoms with Gasteiger partial charge in [-0.25, -0.2) is 0 Å². The Morgan fingerprint density at radius 3 is 2.76 bits per heavy atom. The molecule has 1 fully saturated rings. The molecule has 17 heavy (non-hydrogen) atoms. The van der Waals surface area contributed by atoms with Gasteiger partial charge in [-0.3, -0.25) is 0 Å². The molecule has 0 spiro atoms. The average molecular weight is 362 g/mol. The van der Waals surface area contributed by atoms with Crippen molar-refractivity contribution < 1.29 is 0 Å². The maximum atomic E-state index is 3.65. The third kappa shape index (κ3) is 3.04. The van der Waals surface area contributed by atoms with Crippen molar-refractivity contribution in [2.75, 3.05) is 18.5 Å². The fraction of sp³-hybridized carbons (Fsp3) is 0.538. The van der Waals surface area contributed by atoms with Crippen molar-refractivity contribution in [3.05, 3.63) is 27.1 Å². The van der Waals surface area contributed by atoms with Crippen molar-refractivity contribution in [1.82, 2.24) is 5.32 Å². The van der Waals surface area contributed by atoms with Crippen molar-refractivity contribution in [3.63, 3.8) is 0 Å². The summed E-state index contributed by atoms with van der Waals surface area (Å²) in [5.74, 6) is 0. The molecule has 0 amide bonds. The summed E-state index contributed by atoms with van der Waals surface area (Å²) in [7, 11) is 2.06. The first-order chi connectivity index (χ1) is 8.11. The van der Waals surface area contributed by atoms with Crippen LogP contribution in [0.15, 0.2) is 27.1 Å². The lowest BCUT2D eigenvalue weighted by atomic mass is 9.98. The predicted octanol–water partition coefficient (Wildman–Crippen LogP) is 3.79. The fourth-order valence-electron chi connectivity index (χ4n) is 2.50. The number of rotatable bonds is 2. The van der Waals surface area contributed by atoms with Crippen LogP contribution < -0.4 is 10.2 Å². The standard InChI is InChI=1S/C13H18Br2N2/c1-9-7-11(16-2)5-6-17(9)13-8-10(14)3-4-12(13)15/h3-4,8-9,11,16H,5-7H2,1-2H3. The molecule has 0 bridgehead atoms. The summed E-state index contributed by atoms with van der Waals surface area (Å²) >= 11 is 7.20. The molecule has 2 unspecified atom stereocenters. The number of hydrogen-bond donors (Lipinski definition) is 1. The summed E-state index contributed by atoms with van der Waals surface area (Å²) in [6, 6.07) is 7.61. The van der Waals surface area contributed by atoms with Crippen molar-refractivity contribution in [2.24, 2.45) is 0 Å².